The van der Waals surface area contributed by atoms with E-state index in [9.17, 15) is 0 Å². The largest absolute Gasteiger partial charge is 0.455 e. The number of para-hydroxylation sites is 1. The van der Waals surface area contributed by atoms with Crippen molar-refractivity contribution in [1.82, 2.24) is 15.0 Å². The first-order valence-electron chi connectivity index (χ1n) is 14.4. The molecule has 4 heteroatoms. The van der Waals surface area contributed by atoms with Crippen molar-refractivity contribution >= 4 is 54.3 Å². The molecule has 0 unspecified atom stereocenters. The zero-order valence-corrected chi connectivity index (χ0v) is 23.0. The van der Waals surface area contributed by atoms with Gasteiger partial charge in [-0.15, -0.1) is 0 Å². The van der Waals surface area contributed by atoms with Crippen molar-refractivity contribution < 1.29 is 4.42 Å². The van der Waals surface area contributed by atoms with Gasteiger partial charge in [0.1, 0.15) is 11.2 Å². The molecule has 0 saturated carbocycles. The van der Waals surface area contributed by atoms with Crippen molar-refractivity contribution in [2.75, 3.05) is 0 Å². The summed E-state index contributed by atoms with van der Waals surface area (Å²) in [5.41, 5.74) is 4.69. The van der Waals surface area contributed by atoms with E-state index in [2.05, 4.69) is 66.7 Å². The number of rotatable bonds is 3. The van der Waals surface area contributed by atoms with Crippen molar-refractivity contribution in [1.29, 1.82) is 0 Å². The Morgan fingerprint density at radius 1 is 0.372 bits per heavy atom. The summed E-state index contributed by atoms with van der Waals surface area (Å²) < 4.78 is 6.50. The first-order valence-corrected chi connectivity index (χ1v) is 14.4. The van der Waals surface area contributed by atoms with E-state index in [1.807, 2.05) is 72.8 Å². The van der Waals surface area contributed by atoms with Crippen LogP contribution in [0.5, 0.6) is 0 Å². The Balaban J connectivity index is 1.29. The molecule has 0 radical (unpaired) electrons. The molecule has 0 aliphatic carbocycles. The standard InChI is InChI=1S/C39H23N3O/c1-3-9-26(10-4-1)37-40-38(27-11-5-2-6-12-27)42-39(41-37)29-20-21-30-28(23-29)18-17-24-15-16-25-19-22-32-31-13-7-8-14-33(31)43-36(32)35(25)34(24)30/h1-23H. The maximum absolute atomic E-state index is 6.50. The summed E-state index contributed by atoms with van der Waals surface area (Å²) in [7, 11) is 0. The van der Waals surface area contributed by atoms with Gasteiger partial charge in [0.2, 0.25) is 0 Å². The fraction of sp³-hybridized carbons (Fsp3) is 0. The van der Waals surface area contributed by atoms with Crippen LogP contribution in [-0.2, 0) is 0 Å². The average molecular weight is 550 g/mol. The predicted octanol–water partition coefficient (Wildman–Crippen LogP) is 10.2. The third-order valence-electron chi connectivity index (χ3n) is 8.28. The monoisotopic (exact) mass is 549 g/mol. The lowest BCUT2D eigenvalue weighted by molar-refractivity contribution is 0.673. The molecule has 0 saturated heterocycles. The lowest BCUT2D eigenvalue weighted by Crippen LogP contribution is -2.00. The Bertz CT molecular complexity index is 2440. The van der Waals surface area contributed by atoms with Crippen LogP contribution in [0.25, 0.3) is 88.4 Å². The van der Waals surface area contributed by atoms with E-state index in [0.29, 0.717) is 17.5 Å². The van der Waals surface area contributed by atoms with Crippen LogP contribution in [0.15, 0.2) is 144 Å². The number of hydrogen-bond donors (Lipinski definition) is 0. The quantitative estimate of drug-likeness (QED) is 0.206. The second-order valence-electron chi connectivity index (χ2n) is 10.8. The van der Waals surface area contributed by atoms with Crippen LogP contribution in [0.1, 0.15) is 0 Å². The van der Waals surface area contributed by atoms with Crippen LogP contribution in [-0.4, -0.2) is 15.0 Å². The van der Waals surface area contributed by atoms with Gasteiger partial charge in [-0.3, -0.25) is 0 Å². The topological polar surface area (TPSA) is 51.8 Å². The lowest BCUT2D eigenvalue weighted by atomic mass is 9.94. The first kappa shape index (κ1) is 23.8. The zero-order chi connectivity index (χ0) is 28.3. The van der Waals surface area contributed by atoms with Crippen LogP contribution in [0.3, 0.4) is 0 Å². The Hall–Kier alpha value is -5.87. The van der Waals surface area contributed by atoms with Crippen molar-refractivity contribution in [2.45, 2.75) is 0 Å². The molecule has 0 amide bonds. The van der Waals surface area contributed by atoms with E-state index in [1.165, 1.54) is 16.2 Å². The zero-order valence-electron chi connectivity index (χ0n) is 23.0. The van der Waals surface area contributed by atoms with Crippen molar-refractivity contribution in [2.24, 2.45) is 0 Å². The molecule has 200 valence electrons. The molecule has 9 rings (SSSR count). The lowest BCUT2D eigenvalue weighted by Gasteiger charge is -2.11. The maximum atomic E-state index is 6.50. The average Bonchev–Trinajstić information content (AvgIpc) is 3.47. The Morgan fingerprint density at radius 3 is 1.60 bits per heavy atom. The molecule has 0 atom stereocenters. The van der Waals surface area contributed by atoms with Gasteiger partial charge >= 0.3 is 0 Å². The second kappa shape index (κ2) is 9.33. The summed E-state index contributed by atoms with van der Waals surface area (Å²) in [6, 6.07) is 48.1. The number of nitrogens with zero attached hydrogens (tertiary/aromatic N) is 3. The fourth-order valence-electron chi connectivity index (χ4n) is 6.22. The maximum Gasteiger partial charge on any atom is 0.164 e. The van der Waals surface area contributed by atoms with Crippen LogP contribution in [0.2, 0.25) is 0 Å². The minimum atomic E-state index is 0.646. The van der Waals surface area contributed by atoms with Gasteiger partial charge in [-0.2, -0.15) is 0 Å². The fourth-order valence-corrected chi connectivity index (χ4v) is 6.22. The molecule has 0 aliphatic heterocycles. The number of aromatic nitrogens is 3. The van der Waals surface area contributed by atoms with Gasteiger partial charge in [0.15, 0.2) is 17.5 Å². The Labute approximate surface area is 246 Å². The highest BCUT2D eigenvalue weighted by atomic mass is 16.3. The number of benzene rings is 7. The number of furan rings is 1. The molecule has 0 N–H and O–H groups in total. The third kappa shape index (κ3) is 3.81. The van der Waals surface area contributed by atoms with Crippen LogP contribution in [0, 0.1) is 0 Å². The second-order valence-corrected chi connectivity index (χ2v) is 10.8. The van der Waals surface area contributed by atoms with Crippen LogP contribution >= 0.6 is 0 Å². The Morgan fingerprint density at radius 2 is 0.907 bits per heavy atom. The molecule has 43 heavy (non-hydrogen) atoms. The number of fused-ring (bicyclic) bond motifs is 9. The molecule has 0 bridgehead atoms. The smallest absolute Gasteiger partial charge is 0.164 e. The van der Waals surface area contributed by atoms with E-state index < -0.39 is 0 Å². The van der Waals surface area contributed by atoms with Gasteiger partial charge < -0.3 is 4.42 Å². The van der Waals surface area contributed by atoms with Gasteiger partial charge in [-0.1, -0.05) is 121 Å². The van der Waals surface area contributed by atoms with Crippen molar-refractivity contribution in [3.8, 4) is 34.2 Å². The normalized spacial score (nSPS) is 11.7. The van der Waals surface area contributed by atoms with Crippen molar-refractivity contribution in [3.63, 3.8) is 0 Å². The molecule has 4 nitrogen and oxygen atoms in total. The van der Waals surface area contributed by atoms with E-state index in [0.717, 1.165) is 54.8 Å². The highest BCUT2D eigenvalue weighted by Crippen LogP contribution is 2.40. The highest BCUT2D eigenvalue weighted by molar-refractivity contribution is 6.28. The molecular weight excluding hydrogens is 526 g/mol. The molecular formula is C39H23N3O. The summed E-state index contributed by atoms with van der Waals surface area (Å²) in [5.74, 6) is 1.95. The van der Waals surface area contributed by atoms with Gasteiger partial charge in [0, 0.05) is 38.2 Å². The predicted molar refractivity (Wildman–Crippen MR) is 176 cm³/mol. The molecule has 7 aromatic carbocycles. The highest BCUT2D eigenvalue weighted by Gasteiger charge is 2.16. The van der Waals surface area contributed by atoms with Crippen LogP contribution in [0.4, 0.5) is 0 Å². The summed E-state index contributed by atoms with van der Waals surface area (Å²) in [6.45, 7) is 0. The first-order chi connectivity index (χ1) is 21.3. The number of hydrogen-bond acceptors (Lipinski definition) is 4. The van der Waals surface area contributed by atoms with Crippen molar-refractivity contribution in [3.05, 3.63) is 140 Å². The van der Waals surface area contributed by atoms with E-state index in [-0.39, 0.29) is 0 Å². The molecule has 0 fully saturated rings. The summed E-state index contributed by atoms with van der Waals surface area (Å²) in [5, 5.41) is 9.23. The Kier molecular flexibility index (Phi) is 5.16. The van der Waals surface area contributed by atoms with Gasteiger partial charge in [0.25, 0.3) is 0 Å². The molecule has 0 spiro atoms. The van der Waals surface area contributed by atoms with Crippen LogP contribution < -0.4 is 0 Å². The summed E-state index contributed by atoms with van der Waals surface area (Å²) in [6.07, 6.45) is 0. The molecule has 9 aromatic rings. The minimum Gasteiger partial charge on any atom is -0.455 e. The summed E-state index contributed by atoms with van der Waals surface area (Å²) >= 11 is 0. The van der Waals surface area contributed by atoms with E-state index >= 15 is 0 Å². The third-order valence-corrected chi connectivity index (χ3v) is 8.28. The van der Waals surface area contributed by atoms with E-state index in [4.69, 9.17) is 19.4 Å². The van der Waals surface area contributed by atoms with Gasteiger partial charge in [-0.25, -0.2) is 15.0 Å². The van der Waals surface area contributed by atoms with Gasteiger partial charge in [0.05, 0.1) is 0 Å². The minimum absolute atomic E-state index is 0.646. The SMILES string of the molecule is c1ccc(-c2nc(-c3ccccc3)nc(-c3ccc4c(ccc5ccc6ccc7c8ccccc8oc7c6c54)c3)n2)cc1. The van der Waals surface area contributed by atoms with E-state index in [1.54, 1.807) is 0 Å². The molecule has 2 heterocycles. The molecule has 0 aliphatic rings. The molecule has 2 aromatic heterocycles. The summed E-state index contributed by atoms with van der Waals surface area (Å²) in [4.78, 5) is 14.7. The van der Waals surface area contributed by atoms with Gasteiger partial charge in [-0.05, 0) is 39.7 Å².